The van der Waals surface area contributed by atoms with Crippen LogP contribution in [0, 0.1) is 11.3 Å². The Labute approximate surface area is 126 Å². The second kappa shape index (κ2) is 5.71. The molecule has 1 N–H and O–H groups in total. The van der Waals surface area contributed by atoms with E-state index < -0.39 is 10.0 Å². The Morgan fingerprint density at radius 2 is 1.80 bits per heavy atom. The van der Waals surface area contributed by atoms with Crippen LogP contribution in [-0.4, -0.2) is 8.42 Å². The minimum Gasteiger partial charge on any atom is -0.278 e. The van der Waals surface area contributed by atoms with E-state index in [0.717, 1.165) is 0 Å². The molecule has 0 fully saturated rings. The third-order valence-corrected chi connectivity index (χ3v) is 4.44. The monoisotopic (exact) mass is 326 g/mol. The van der Waals surface area contributed by atoms with Crippen LogP contribution in [0.5, 0.6) is 0 Å². The SMILES string of the molecule is N#Cc1ccccc1S(=O)(=O)Nc1ccc(Cl)cc1Cl. The van der Waals surface area contributed by atoms with Gasteiger partial charge in [0.15, 0.2) is 0 Å². The van der Waals surface area contributed by atoms with E-state index in [9.17, 15) is 8.42 Å². The summed E-state index contributed by atoms with van der Waals surface area (Å²) in [5.74, 6) is 0. The highest BCUT2D eigenvalue weighted by Crippen LogP contribution is 2.28. The highest BCUT2D eigenvalue weighted by Gasteiger charge is 2.19. The van der Waals surface area contributed by atoms with Crippen LogP contribution in [0.4, 0.5) is 5.69 Å². The molecule has 0 aromatic heterocycles. The molecule has 0 amide bonds. The predicted molar refractivity (Wildman–Crippen MR) is 78.4 cm³/mol. The van der Waals surface area contributed by atoms with Crippen molar-refractivity contribution in [2.24, 2.45) is 0 Å². The molecule has 2 aromatic rings. The van der Waals surface area contributed by atoms with Gasteiger partial charge in [-0.25, -0.2) is 8.42 Å². The van der Waals surface area contributed by atoms with Crippen molar-refractivity contribution in [2.45, 2.75) is 4.90 Å². The molecule has 0 saturated heterocycles. The van der Waals surface area contributed by atoms with Gasteiger partial charge < -0.3 is 0 Å². The van der Waals surface area contributed by atoms with Crippen molar-refractivity contribution in [1.29, 1.82) is 5.26 Å². The Bertz CT molecular complexity index is 798. The van der Waals surface area contributed by atoms with Crippen molar-refractivity contribution in [3.63, 3.8) is 0 Å². The van der Waals surface area contributed by atoms with Crippen LogP contribution in [0.15, 0.2) is 47.4 Å². The van der Waals surface area contributed by atoms with E-state index in [1.165, 1.54) is 30.3 Å². The molecular weight excluding hydrogens is 319 g/mol. The van der Waals surface area contributed by atoms with Crippen molar-refractivity contribution in [2.75, 3.05) is 4.72 Å². The lowest BCUT2D eigenvalue weighted by Crippen LogP contribution is -2.14. The molecule has 2 rings (SSSR count). The fourth-order valence-corrected chi connectivity index (χ4v) is 3.32. The molecule has 0 saturated carbocycles. The zero-order chi connectivity index (χ0) is 14.8. The molecule has 0 bridgehead atoms. The maximum Gasteiger partial charge on any atom is 0.263 e. The number of hydrogen-bond acceptors (Lipinski definition) is 3. The van der Waals surface area contributed by atoms with Crippen LogP contribution in [0.1, 0.15) is 5.56 Å². The molecule has 0 radical (unpaired) electrons. The van der Waals surface area contributed by atoms with Crippen LogP contribution >= 0.6 is 23.2 Å². The molecule has 2 aromatic carbocycles. The largest absolute Gasteiger partial charge is 0.278 e. The Balaban J connectivity index is 2.44. The molecule has 0 unspecified atom stereocenters. The summed E-state index contributed by atoms with van der Waals surface area (Å²) < 4.78 is 26.9. The summed E-state index contributed by atoms with van der Waals surface area (Å²) in [5.41, 5.74) is 0.258. The third kappa shape index (κ3) is 3.05. The van der Waals surface area contributed by atoms with E-state index in [-0.39, 0.29) is 21.2 Å². The number of nitriles is 1. The number of rotatable bonds is 3. The topological polar surface area (TPSA) is 70.0 Å². The van der Waals surface area contributed by atoms with E-state index in [0.29, 0.717) is 5.02 Å². The number of sulfonamides is 1. The van der Waals surface area contributed by atoms with Crippen LogP contribution in [0.25, 0.3) is 0 Å². The van der Waals surface area contributed by atoms with Crippen LogP contribution in [0.3, 0.4) is 0 Å². The van der Waals surface area contributed by atoms with Crippen molar-refractivity contribution >= 4 is 38.9 Å². The van der Waals surface area contributed by atoms with Crippen LogP contribution < -0.4 is 4.72 Å². The number of hydrogen-bond donors (Lipinski definition) is 1. The van der Waals surface area contributed by atoms with Gasteiger partial charge in [0.1, 0.15) is 11.0 Å². The van der Waals surface area contributed by atoms with Crippen molar-refractivity contribution in [1.82, 2.24) is 0 Å². The molecule has 0 atom stereocenters. The van der Waals surface area contributed by atoms with Crippen molar-refractivity contribution < 1.29 is 8.42 Å². The summed E-state index contributed by atoms with van der Waals surface area (Å²) >= 11 is 11.7. The third-order valence-electron chi connectivity index (χ3n) is 2.47. The summed E-state index contributed by atoms with van der Waals surface area (Å²) in [5, 5.41) is 9.53. The highest BCUT2D eigenvalue weighted by atomic mass is 35.5. The van der Waals surface area contributed by atoms with E-state index in [4.69, 9.17) is 28.5 Å². The average molecular weight is 327 g/mol. The van der Waals surface area contributed by atoms with E-state index in [1.54, 1.807) is 12.1 Å². The Morgan fingerprint density at radius 1 is 1.10 bits per heavy atom. The van der Waals surface area contributed by atoms with Crippen molar-refractivity contribution in [3.8, 4) is 6.07 Å². The zero-order valence-electron chi connectivity index (χ0n) is 9.97. The summed E-state index contributed by atoms with van der Waals surface area (Å²) in [6.45, 7) is 0. The molecular formula is C13H8Cl2N2O2S. The Morgan fingerprint density at radius 3 is 2.45 bits per heavy atom. The van der Waals surface area contributed by atoms with Gasteiger partial charge in [-0.1, -0.05) is 35.3 Å². The predicted octanol–water partition coefficient (Wildman–Crippen LogP) is 3.67. The van der Waals surface area contributed by atoms with E-state index in [2.05, 4.69) is 4.72 Å². The van der Waals surface area contributed by atoms with Gasteiger partial charge in [-0.05, 0) is 30.3 Å². The second-order valence-electron chi connectivity index (χ2n) is 3.84. The number of nitrogens with one attached hydrogen (secondary N) is 1. The second-order valence-corrected chi connectivity index (χ2v) is 6.33. The van der Waals surface area contributed by atoms with Crippen molar-refractivity contribution in [3.05, 3.63) is 58.1 Å². The summed E-state index contributed by atoms with van der Waals surface area (Å²) in [4.78, 5) is -0.103. The Hall–Kier alpha value is -1.74. The summed E-state index contributed by atoms with van der Waals surface area (Å²) in [7, 11) is -3.89. The maximum absolute atomic E-state index is 12.3. The molecule has 102 valence electrons. The molecule has 0 aliphatic heterocycles. The molecule has 0 aliphatic rings. The van der Waals surface area contributed by atoms with Gasteiger partial charge in [0.05, 0.1) is 16.3 Å². The lowest BCUT2D eigenvalue weighted by atomic mass is 10.2. The van der Waals surface area contributed by atoms with Gasteiger partial charge in [0.25, 0.3) is 10.0 Å². The molecule has 7 heteroatoms. The molecule has 20 heavy (non-hydrogen) atoms. The molecule has 0 heterocycles. The minimum absolute atomic E-state index is 0.0603. The number of benzene rings is 2. The normalized spacial score (nSPS) is 10.8. The fraction of sp³-hybridized carbons (Fsp3) is 0. The summed E-state index contributed by atoms with van der Waals surface area (Å²) in [6.07, 6.45) is 0. The highest BCUT2D eigenvalue weighted by molar-refractivity contribution is 7.92. The minimum atomic E-state index is -3.89. The lowest BCUT2D eigenvalue weighted by molar-refractivity contribution is 0.601. The van der Waals surface area contributed by atoms with Gasteiger partial charge in [0, 0.05) is 5.02 Å². The van der Waals surface area contributed by atoms with Crippen LogP contribution in [-0.2, 0) is 10.0 Å². The quantitative estimate of drug-likeness (QED) is 0.935. The number of halogens is 2. The fourth-order valence-electron chi connectivity index (χ4n) is 1.57. The molecule has 4 nitrogen and oxygen atoms in total. The van der Waals surface area contributed by atoms with Gasteiger partial charge >= 0.3 is 0 Å². The first-order valence-corrected chi connectivity index (χ1v) is 7.65. The van der Waals surface area contributed by atoms with Gasteiger partial charge in [0.2, 0.25) is 0 Å². The number of anilines is 1. The van der Waals surface area contributed by atoms with Crippen LogP contribution in [0.2, 0.25) is 10.0 Å². The molecule has 0 spiro atoms. The first-order chi connectivity index (χ1) is 9.44. The lowest BCUT2D eigenvalue weighted by Gasteiger charge is -2.10. The smallest absolute Gasteiger partial charge is 0.263 e. The summed E-state index contributed by atoms with van der Waals surface area (Å²) in [6, 6.07) is 12.1. The average Bonchev–Trinajstić information content (AvgIpc) is 2.42. The maximum atomic E-state index is 12.3. The van der Waals surface area contributed by atoms with Gasteiger partial charge in [-0.3, -0.25) is 4.72 Å². The van der Waals surface area contributed by atoms with E-state index in [1.807, 2.05) is 6.07 Å². The van der Waals surface area contributed by atoms with Gasteiger partial charge in [-0.15, -0.1) is 0 Å². The number of nitrogens with zero attached hydrogens (tertiary/aromatic N) is 1. The standard InChI is InChI=1S/C13H8Cl2N2O2S/c14-10-5-6-12(11(15)7-10)17-20(18,19)13-4-2-1-3-9(13)8-16/h1-7,17H. The zero-order valence-corrected chi connectivity index (χ0v) is 12.3. The van der Waals surface area contributed by atoms with Gasteiger partial charge in [-0.2, -0.15) is 5.26 Å². The molecule has 0 aliphatic carbocycles. The van der Waals surface area contributed by atoms with E-state index >= 15 is 0 Å². The first kappa shape index (κ1) is 14.7. The first-order valence-electron chi connectivity index (χ1n) is 5.41. The Kier molecular flexibility index (Phi) is 4.19.